The van der Waals surface area contributed by atoms with Crippen LogP contribution in [0.1, 0.15) is 5.56 Å². The molecule has 0 fully saturated rings. The first-order chi connectivity index (χ1) is 11.0. The molecule has 0 saturated heterocycles. The fraction of sp³-hybridized carbons (Fsp3) is 0.200. The van der Waals surface area contributed by atoms with Crippen LogP contribution in [0.15, 0.2) is 47.9 Å². The summed E-state index contributed by atoms with van der Waals surface area (Å²) in [6.07, 6.45) is 6.44. The lowest BCUT2D eigenvalue weighted by Gasteiger charge is -2.27. The molecule has 0 bridgehead atoms. The zero-order valence-electron chi connectivity index (χ0n) is 12.4. The van der Waals surface area contributed by atoms with Gasteiger partial charge < -0.3 is 16.4 Å². The molecular weight excluding hydrogens is 302 g/mol. The molecule has 2 heterocycles. The number of hydrogen-bond donors (Lipinski definition) is 3. The molecule has 0 amide bonds. The van der Waals surface area contributed by atoms with E-state index < -0.39 is 17.3 Å². The quantitative estimate of drug-likeness (QED) is 0.801. The second kappa shape index (κ2) is 5.81. The fourth-order valence-electron chi connectivity index (χ4n) is 2.31. The molecule has 4 N–H and O–H groups in total. The van der Waals surface area contributed by atoms with Crippen LogP contribution >= 0.6 is 0 Å². The number of nitrogens with one attached hydrogen (secondary N) is 2. The molecular formula is C15H16F2N6. The van der Waals surface area contributed by atoms with E-state index in [0.717, 1.165) is 0 Å². The average Bonchev–Trinajstić information content (AvgIpc) is 2.88. The van der Waals surface area contributed by atoms with Crippen molar-refractivity contribution < 1.29 is 8.78 Å². The summed E-state index contributed by atoms with van der Waals surface area (Å²) in [5, 5.41) is 9.94. The van der Waals surface area contributed by atoms with Crippen LogP contribution in [0.5, 0.6) is 0 Å². The number of guanidine groups is 1. The lowest BCUT2D eigenvalue weighted by atomic mass is 9.99. The molecule has 1 atom stereocenters. The Labute approximate surface area is 131 Å². The molecule has 1 aliphatic rings. The van der Waals surface area contributed by atoms with Crippen molar-refractivity contribution in [3.05, 3.63) is 60.1 Å². The Morgan fingerprint density at radius 1 is 1.35 bits per heavy atom. The van der Waals surface area contributed by atoms with Gasteiger partial charge in [0, 0.05) is 31.4 Å². The molecule has 2 aromatic rings. The van der Waals surface area contributed by atoms with Crippen molar-refractivity contribution in [2.24, 2.45) is 17.8 Å². The highest BCUT2D eigenvalue weighted by Crippen LogP contribution is 2.21. The minimum atomic E-state index is -1.25. The molecule has 1 aromatic carbocycles. The first-order valence-electron chi connectivity index (χ1n) is 6.97. The monoisotopic (exact) mass is 318 g/mol. The van der Waals surface area contributed by atoms with Crippen LogP contribution in [-0.2, 0) is 13.5 Å². The van der Waals surface area contributed by atoms with E-state index in [1.165, 1.54) is 18.2 Å². The number of aryl methyl sites for hydroxylation is 1. The Hall–Kier alpha value is -2.74. The summed E-state index contributed by atoms with van der Waals surface area (Å²) in [6.45, 7) is 0. The van der Waals surface area contributed by atoms with E-state index in [4.69, 9.17) is 5.73 Å². The van der Waals surface area contributed by atoms with Crippen LogP contribution in [0.25, 0.3) is 0 Å². The van der Waals surface area contributed by atoms with Gasteiger partial charge in [0.25, 0.3) is 0 Å². The summed E-state index contributed by atoms with van der Waals surface area (Å²) in [6, 6.07) is 3.71. The van der Waals surface area contributed by atoms with Crippen molar-refractivity contribution in [2.75, 3.05) is 5.32 Å². The van der Waals surface area contributed by atoms with E-state index in [-0.39, 0.29) is 12.0 Å². The van der Waals surface area contributed by atoms with E-state index in [2.05, 4.69) is 20.7 Å². The van der Waals surface area contributed by atoms with Crippen LogP contribution in [0.2, 0.25) is 0 Å². The number of nitrogens with two attached hydrogens (primary N) is 1. The topological polar surface area (TPSA) is 80.3 Å². The molecule has 8 heteroatoms. The van der Waals surface area contributed by atoms with E-state index in [1.807, 2.05) is 0 Å². The normalized spacial score (nSPS) is 20.1. The van der Waals surface area contributed by atoms with Gasteiger partial charge in [-0.05, 0) is 18.2 Å². The van der Waals surface area contributed by atoms with E-state index in [9.17, 15) is 8.78 Å². The summed E-state index contributed by atoms with van der Waals surface area (Å²) in [5.41, 5.74) is 5.54. The largest absolute Gasteiger partial charge is 0.333 e. The molecule has 6 nitrogen and oxygen atoms in total. The van der Waals surface area contributed by atoms with Gasteiger partial charge in [-0.15, -0.1) is 0 Å². The Morgan fingerprint density at radius 2 is 2.09 bits per heavy atom. The third-order valence-electron chi connectivity index (χ3n) is 3.40. The minimum absolute atomic E-state index is 0.0916. The van der Waals surface area contributed by atoms with Crippen LogP contribution in [0.3, 0.4) is 0 Å². The molecule has 1 aromatic heterocycles. The first-order valence-corrected chi connectivity index (χ1v) is 6.97. The number of anilines is 1. The van der Waals surface area contributed by atoms with E-state index in [1.54, 1.807) is 36.4 Å². The third kappa shape index (κ3) is 3.37. The van der Waals surface area contributed by atoms with Gasteiger partial charge in [-0.25, -0.2) is 13.8 Å². The maximum absolute atomic E-state index is 13.8. The predicted molar refractivity (Wildman–Crippen MR) is 83.5 cm³/mol. The van der Waals surface area contributed by atoms with Gasteiger partial charge in [0.1, 0.15) is 17.3 Å². The van der Waals surface area contributed by atoms with Crippen LogP contribution < -0.4 is 16.4 Å². The number of rotatable bonds is 3. The third-order valence-corrected chi connectivity index (χ3v) is 3.40. The van der Waals surface area contributed by atoms with Gasteiger partial charge in [0.15, 0.2) is 0 Å². The lowest BCUT2D eigenvalue weighted by Crippen LogP contribution is -2.45. The van der Waals surface area contributed by atoms with Gasteiger partial charge in [-0.3, -0.25) is 4.68 Å². The minimum Gasteiger partial charge on any atom is -0.333 e. The maximum Gasteiger partial charge on any atom is 0.202 e. The number of aliphatic imine (C=N–C) groups is 1. The predicted octanol–water partition coefficient (Wildman–Crippen LogP) is 1.48. The zero-order chi connectivity index (χ0) is 16.4. The van der Waals surface area contributed by atoms with Crippen molar-refractivity contribution >= 4 is 11.6 Å². The molecule has 0 radical (unpaired) electrons. The second-order valence-electron chi connectivity index (χ2n) is 5.33. The molecule has 120 valence electrons. The van der Waals surface area contributed by atoms with Crippen LogP contribution in [0, 0.1) is 11.6 Å². The molecule has 0 spiro atoms. The number of halogens is 2. The van der Waals surface area contributed by atoms with Crippen LogP contribution in [-0.4, -0.2) is 21.4 Å². The summed E-state index contributed by atoms with van der Waals surface area (Å²) in [7, 11) is 1.79. The molecule has 1 aliphatic heterocycles. The Morgan fingerprint density at radius 3 is 2.74 bits per heavy atom. The Kier molecular flexibility index (Phi) is 3.83. The number of benzene rings is 1. The fourth-order valence-corrected chi connectivity index (χ4v) is 2.31. The van der Waals surface area contributed by atoms with Gasteiger partial charge in [0.05, 0.1) is 11.9 Å². The highest BCUT2D eigenvalue weighted by molar-refractivity contribution is 5.95. The molecule has 0 aliphatic carbocycles. The average molecular weight is 318 g/mol. The second-order valence-corrected chi connectivity index (χ2v) is 5.33. The smallest absolute Gasteiger partial charge is 0.202 e. The molecule has 3 rings (SSSR count). The van der Waals surface area contributed by atoms with Crippen molar-refractivity contribution in [1.82, 2.24) is 15.1 Å². The lowest BCUT2D eigenvalue weighted by molar-refractivity contribution is 0.489. The van der Waals surface area contributed by atoms with Crippen molar-refractivity contribution in [1.29, 1.82) is 0 Å². The van der Waals surface area contributed by atoms with Gasteiger partial charge >= 0.3 is 0 Å². The summed E-state index contributed by atoms with van der Waals surface area (Å²) in [5.74, 6) is -0.905. The number of nitrogens with zero attached hydrogens (tertiary/aromatic N) is 3. The molecule has 1 unspecified atom stereocenters. The maximum atomic E-state index is 13.8. The summed E-state index contributed by atoms with van der Waals surface area (Å²) >= 11 is 0. The van der Waals surface area contributed by atoms with E-state index >= 15 is 0 Å². The number of hydrogen-bond acceptors (Lipinski definition) is 5. The first kappa shape index (κ1) is 15.2. The summed E-state index contributed by atoms with van der Waals surface area (Å²) < 4.78 is 29.3. The summed E-state index contributed by atoms with van der Waals surface area (Å²) in [4.78, 5) is 4.31. The highest BCUT2D eigenvalue weighted by atomic mass is 19.1. The van der Waals surface area contributed by atoms with Gasteiger partial charge in [-0.1, -0.05) is 6.07 Å². The molecule has 23 heavy (non-hydrogen) atoms. The van der Waals surface area contributed by atoms with Gasteiger partial charge in [0.2, 0.25) is 5.96 Å². The van der Waals surface area contributed by atoms with E-state index in [0.29, 0.717) is 11.6 Å². The van der Waals surface area contributed by atoms with Gasteiger partial charge in [-0.2, -0.15) is 5.10 Å². The van der Waals surface area contributed by atoms with Crippen LogP contribution in [0.4, 0.5) is 14.5 Å². The van der Waals surface area contributed by atoms with Crippen molar-refractivity contribution in [3.8, 4) is 0 Å². The number of aromatic nitrogens is 2. The standard InChI is InChI=1S/C15H16F2N6/c1-23-9-10(8-20-23)21-14-19-6-5-15(18,22-14)7-11-12(16)3-2-4-13(11)17/h2-6,8-9H,7,18H2,1H3,(H2,19,21,22). The molecule has 0 saturated carbocycles. The highest BCUT2D eigenvalue weighted by Gasteiger charge is 2.27. The Bertz CT molecular complexity index is 762. The van der Waals surface area contributed by atoms with Crippen molar-refractivity contribution in [2.45, 2.75) is 12.1 Å². The zero-order valence-corrected chi connectivity index (χ0v) is 12.4. The van der Waals surface area contributed by atoms with Crippen molar-refractivity contribution in [3.63, 3.8) is 0 Å². The SMILES string of the molecule is Cn1cc(NC2=NC(N)(Cc3c(F)cccc3F)C=CN2)cn1. The Balaban J connectivity index is 1.82.